The molecule has 0 aliphatic heterocycles. The van der Waals surface area contributed by atoms with Crippen LogP contribution in [-0.2, 0) is 4.74 Å². The van der Waals surface area contributed by atoms with Gasteiger partial charge in [0, 0.05) is 9.58 Å². The van der Waals surface area contributed by atoms with Crippen molar-refractivity contribution in [1.29, 1.82) is 0 Å². The van der Waals surface area contributed by atoms with Gasteiger partial charge in [-0.2, -0.15) is 0 Å². The lowest BCUT2D eigenvalue weighted by molar-refractivity contribution is 0.0621. The van der Waals surface area contributed by atoms with Crippen LogP contribution >= 0.6 is 11.3 Å². The average Bonchev–Trinajstić information content (AvgIpc) is 2.76. The number of rotatable bonds is 6. The third-order valence-corrected chi connectivity index (χ3v) is 4.10. The number of hydrogen-bond donors (Lipinski definition) is 1. The van der Waals surface area contributed by atoms with Gasteiger partial charge in [0.05, 0.1) is 18.8 Å². The standard InChI is InChI=1S/C15H20FNOS/c1-4-17-13(9-18-10(2)3)15-7-11-5-6-12(16)8-14(11)19-15/h5-8,10,13,17H,4,9H2,1-3H3. The summed E-state index contributed by atoms with van der Waals surface area (Å²) in [4.78, 5) is 1.20. The van der Waals surface area contributed by atoms with E-state index in [1.807, 2.05) is 19.9 Å². The Hall–Kier alpha value is -0.970. The number of ether oxygens (including phenoxy) is 1. The molecular weight excluding hydrogens is 261 g/mol. The molecule has 1 unspecified atom stereocenters. The number of likely N-dealkylation sites (N-methyl/N-ethyl adjacent to an activating group) is 1. The molecule has 1 aromatic carbocycles. The molecule has 0 aliphatic rings. The second kappa shape index (κ2) is 6.46. The Labute approximate surface area is 117 Å². The Morgan fingerprint density at radius 2 is 2.11 bits per heavy atom. The fourth-order valence-electron chi connectivity index (χ4n) is 1.97. The highest BCUT2D eigenvalue weighted by Crippen LogP contribution is 2.30. The lowest BCUT2D eigenvalue weighted by atomic mass is 10.2. The molecule has 0 amide bonds. The minimum atomic E-state index is -0.181. The minimum absolute atomic E-state index is 0.174. The van der Waals surface area contributed by atoms with E-state index in [0.717, 1.165) is 16.6 Å². The molecule has 0 saturated carbocycles. The van der Waals surface area contributed by atoms with Crippen molar-refractivity contribution in [3.63, 3.8) is 0 Å². The molecule has 0 aliphatic carbocycles. The van der Waals surface area contributed by atoms with E-state index in [4.69, 9.17) is 4.74 Å². The SMILES string of the molecule is CCNC(COC(C)C)c1cc2ccc(F)cc2s1. The van der Waals surface area contributed by atoms with Gasteiger partial charge < -0.3 is 10.1 Å². The molecule has 1 heterocycles. The molecule has 0 bridgehead atoms. The smallest absolute Gasteiger partial charge is 0.124 e. The van der Waals surface area contributed by atoms with Gasteiger partial charge in [0.1, 0.15) is 5.82 Å². The Kier molecular flexibility index (Phi) is 4.91. The topological polar surface area (TPSA) is 21.3 Å². The van der Waals surface area contributed by atoms with Gasteiger partial charge in [-0.1, -0.05) is 13.0 Å². The molecule has 1 aromatic heterocycles. The molecule has 0 fully saturated rings. The quantitative estimate of drug-likeness (QED) is 0.860. The van der Waals surface area contributed by atoms with E-state index in [-0.39, 0.29) is 18.0 Å². The molecule has 2 rings (SSSR count). The number of benzene rings is 1. The second-order valence-corrected chi connectivity index (χ2v) is 5.94. The molecule has 2 aromatic rings. The predicted molar refractivity (Wildman–Crippen MR) is 79.3 cm³/mol. The summed E-state index contributed by atoms with van der Waals surface area (Å²) >= 11 is 1.63. The molecule has 4 heteroatoms. The lowest BCUT2D eigenvalue weighted by Crippen LogP contribution is -2.25. The number of halogens is 1. The molecule has 19 heavy (non-hydrogen) atoms. The maximum Gasteiger partial charge on any atom is 0.124 e. The fourth-order valence-corrected chi connectivity index (χ4v) is 3.12. The van der Waals surface area contributed by atoms with Gasteiger partial charge in [0.25, 0.3) is 0 Å². The highest BCUT2D eigenvalue weighted by atomic mass is 32.1. The fraction of sp³-hybridized carbons (Fsp3) is 0.467. The Balaban J connectivity index is 2.22. The summed E-state index contributed by atoms with van der Waals surface area (Å²) in [5.74, 6) is -0.181. The van der Waals surface area contributed by atoms with E-state index in [2.05, 4.69) is 18.3 Å². The first-order valence-electron chi connectivity index (χ1n) is 6.64. The van der Waals surface area contributed by atoms with E-state index in [1.165, 1.54) is 10.9 Å². The zero-order valence-electron chi connectivity index (χ0n) is 11.6. The highest BCUT2D eigenvalue weighted by Gasteiger charge is 2.14. The van der Waals surface area contributed by atoms with Crippen LogP contribution in [-0.4, -0.2) is 19.3 Å². The van der Waals surface area contributed by atoms with Gasteiger partial charge in [0.2, 0.25) is 0 Å². The summed E-state index contributed by atoms with van der Waals surface area (Å²) in [5, 5.41) is 4.51. The zero-order chi connectivity index (χ0) is 13.8. The summed E-state index contributed by atoms with van der Waals surface area (Å²) in [6.45, 7) is 7.66. The molecule has 1 atom stereocenters. The van der Waals surface area contributed by atoms with Crippen molar-refractivity contribution in [2.24, 2.45) is 0 Å². The monoisotopic (exact) mass is 281 g/mol. The first kappa shape index (κ1) is 14.4. The van der Waals surface area contributed by atoms with Crippen LogP contribution < -0.4 is 5.32 Å². The summed E-state index contributed by atoms with van der Waals surface area (Å²) in [5.41, 5.74) is 0. The van der Waals surface area contributed by atoms with Crippen molar-refractivity contribution >= 4 is 21.4 Å². The summed E-state index contributed by atoms with van der Waals surface area (Å²) < 4.78 is 19.9. The van der Waals surface area contributed by atoms with Gasteiger partial charge in [-0.15, -0.1) is 11.3 Å². The summed E-state index contributed by atoms with van der Waals surface area (Å²) in [6.07, 6.45) is 0.216. The molecule has 1 N–H and O–H groups in total. The molecule has 0 spiro atoms. The van der Waals surface area contributed by atoms with Crippen LogP contribution in [0, 0.1) is 5.82 Å². The van der Waals surface area contributed by atoms with Crippen molar-refractivity contribution in [2.45, 2.75) is 32.9 Å². The van der Waals surface area contributed by atoms with Crippen molar-refractivity contribution in [3.8, 4) is 0 Å². The average molecular weight is 281 g/mol. The van der Waals surface area contributed by atoms with Gasteiger partial charge >= 0.3 is 0 Å². The van der Waals surface area contributed by atoms with Crippen molar-refractivity contribution in [1.82, 2.24) is 5.32 Å². The van der Waals surface area contributed by atoms with Crippen LogP contribution in [0.25, 0.3) is 10.1 Å². The van der Waals surface area contributed by atoms with Gasteiger partial charge in [-0.05, 0) is 44.0 Å². The number of nitrogens with one attached hydrogen (secondary N) is 1. The number of hydrogen-bond acceptors (Lipinski definition) is 3. The minimum Gasteiger partial charge on any atom is -0.377 e. The maximum atomic E-state index is 13.2. The Morgan fingerprint density at radius 1 is 1.32 bits per heavy atom. The van der Waals surface area contributed by atoms with E-state index < -0.39 is 0 Å². The zero-order valence-corrected chi connectivity index (χ0v) is 12.4. The van der Waals surface area contributed by atoms with Gasteiger partial charge in [-0.25, -0.2) is 4.39 Å². The molecule has 104 valence electrons. The third-order valence-electron chi connectivity index (χ3n) is 2.89. The second-order valence-electron chi connectivity index (χ2n) is 4.82. The van der Waals surface area contributed by atoms with E-state index in [9.17, 15) is 4.39 Å². The third kappa shape index (κ3) is 3.75. The first-order valence-corrected chi connectivity index (χ1v) is 7.45. The van der Waals surface area contributed by atoms with E-state index in [1.54, 1.807) is 17.4 Å². The van der Waals surface area contributed by atoms with Crippen LogP contribution in [0.2, 0.25) is 0 Å². The Bertz CT molecular complexity index is 538. The normalized spacial score (nSPS) is 13.3. The van der Waals surface area contributed by atoms with Crippen LogP contribution in [0.15, 0.2) is 24.3 Å². The first-order chi connectivity index (χ1) is 9.10. The van der Waals surface area contributed by atoms with Crippen LogP contribution in [0.4, 0.5) is 4.39 Å². The van der Waals surface area contributed by atoms with Crippen molar-refractivity contribution < 1.29 is 9.13 Å². The van der Waals surface area contributed by atoms with Crippen LogP contribution in [0.1, 0.15) is 31.7 Å². The molecular formula is C15H20FNOS. The van der Waals surface area contributed by atoms with Crippen LogP contribution in [0.3, 0.4) is 0 Å². The van der Waals surface area contributed by atoms with Gasteiger partial charge in [0.15, 0.2) is 0 Å². The highest BCUT2D eigenvalue weighted by molar-refractivity contribution is 7.19. The molecule has 0 radical (unpaired) electrons. The molecule has 2 nitrogen and oxygen atoms in total. The van der Waals surface area contributed by atoms with Crippen molar-refractivity contribution in [3.05, 3.63) is 35.0 Å². The predicted octanol–water partition coefficient (Wildman–Crippen LogP) is 4.12. The molecule has 0 saturated heterocycles. The van der Waals surface area contributed by atoms with Crippen LogP contribution in [0.5, 0.6) is 0 Å². The maximum absolute atomic E-state index is 13.2. The number of thiophene rings is 1. The Morgan fingerprint density at radius 3 is 2.79 bits per heavy atom. The number of fused-ring (bicyclic) bond motifs is 1. The lowest BCUT2D eigenvalue weighted by Gasteiger charge is -2.18. The van der Waals surface area contributed by atoms with Gasteiger partial charge in [-0.3, -0.25) is 0 Å². The van der Waals surface area contributed by atoms with E-state index in [0.29, 0.717) is 6.61 Å². The summed E-state index contributed by atoms with van der Waals surface area (Å²) in [6, 6.07) is 7.22. The largest absolute Gasteiger partial charge is 0.377 e. The van der Waals surface area contributed by atoms with Crippen molar-refractivity contribution in [2.75, 3.05) is 13.2 Å². The van der Waals surface area contributed by atoms with E-state index >= 15 is 0 Å². The summed E-state index contributed by atoms with van der Waals surface area (Å²) in [7, 11) is 0.